The summed E-state index contributed by atoms with van der Waals surface area (Å²) in [5.41, 5.74) is 5.84. The smallest absolute Gasteiger partial charge is 0.254 e. The van der Waals surface area contributed by atoms with Crippen molar-refractivity contribution in [2.24, 2.45) is 5.73 Å². The van der Waals surface area contributed by atoms with Crippen LogP contribution in [-0.4, -0.2) is 29.7 Å². The first-order chi connectivity index (χ1) is 10.1. The third kappa shape index (κ3) is 4.28. The molecule has 5 heteroatoms. The van der Waals surface area contributed by atoms with Crippen molar-refractivity contribution in [2.45, 2.75) is 37.8 Å². The lowest BCUT2D eigenvalue weighted by Gasteiger charge is -2.26. The van der Waals surface area contributed by atoms with Crippen LogP contribution in [0, 0.1) is 17.7 Å². The molecule has 2 rings (SSSR count). The van der Waals surface area contributed by atoms with E-state index in [1.807, 2.05) is 0 Å². The number of hydrogen-bond acceptors (Lipinski definition) is 3. The SMILES string of the molecule is NCC#Cc1ccc(F)c(C(=O)NC2CCC(O)CC2)c1. The van der Waals surface area contributed by atoms with Crippen molar-refractivity contribution in [2.75, 3.05) is 6.54 Å². The zero-order valence-corrected chi connectivity index (χ0v) is 11.7. The maximum atomic E-state index is 13.8. The molecule has 1 aromatic carbocycles. The zero-order valence-electron chi connectivity index (χ0n) is 11.7. The highest BCUT2D eigenvalue weighted by atomic mass is 19.1. The minimum atomic E-state index is -0.568. The lowest BCUT2D eigenvalue weighted by molar-refractivity contribution is 0.0864. The molecule has 0 heterocycles. The number of aliphatic hydroxyl groups excluding tert-OH is 1. The minimum Gasteiger partial charge on any atom is -0.393 e. The van der Waals surface area contributed by atoms with E-state index in [9.17, 15) is 14.3 Å². The third-order valence-electron chi connectivity index (χ3n) is 3.58. The summed E-state index contributed by atoms with van der Waals surface area (Å²) in [6.45, 7) is 0.212. The lowest BCUT2D eigenvalue weighted by atomic mass is 9.93. The topological polar surface area (TPSA) is 75.4 Å². The number of benzene rings is 1. The molecule has 1 aliphatic rings. The predicted octanol–water partition coefficient (Wildman–Crippen LogP) is 1.17. The summed E-state index contributed by atoms with van der Waals surface area (Å²) < 4.78 is 13.8. The van der Waals surface area contributed by atoms with Crippen LogP contribution in [0.4, 0.5) is 4.39 Å². The summed E-state index contributed by atoms with van der Waals surface area (Å²) in [6, 6.07) is 4.18. The molecule has 0 radical (unpaired) electrons. The van der Waals surface area contributed by atoms with Crippen molar-refractivity contribution in [3.05, 3.63) is 35.1 Å². The standard InChI is InChI=1S/C16H19FN2O2/c17-15-8-3-11(2-1-9-18)10-14(15)16(21)19-12-4-6-13(20)7-5-12/h3,8,10,12-13,20H,4-7,9,18H2,(H,19,21). The number of nitrogens with two attached hydrogens (primary N) is 1. The molecule has 1 aliphatic carbocycles. The molecule has 0 aromatic heterocycles. The van der Waals surface area contributed by atoms with Crippen LogP contribution in [0.1, 0.15) is 41.6 Å². The molecule has 1 fully saturated rings. The van der Waals surface area contributed by atoms with Gasteiger partial charge in [0.2, 0.25) is 0 Å². The molecule has 0 atom stereocenters. The average Bonchev–Trinajstić information content (AvgIpc) is 2.48. The quantitative estimate of drug-likeness (QED) is 0.716. The van der Waals surface area contributed by atoms with Gasteiger partial charge < -0.3 is 16.2 Å². The van der Waals surface area contributed by atoms with Crippen LogP contribution < -0.4 is 11.1 Å². The molecule has 4 N–H and O–H groups in total. The Kier molecular flexibility index (Phi) is 5.32. The molecule has 1 amide bonds. The molecule has 21 heavy (non-hydrogen) atoms. The van der Waals surface area contributed by atoms with Crippen LogP contribution in [0.15, 0.2) is 18.2 Å². The van der Waals surface area contributed by atoms with E-state index >= 15 is 0 Å². The van der Waals surface area contributed by atoms with Gasteiger partial charge in [0, 0.05) is 11.6 Å². The molecular formula is C16H19FN2O2. The minimum absolute atomic E-state index is 0.00931. The molecule has 0 unspecified atom stereocenters. The monoisotopic (exact) mass is 290 g/mol. The first-order valence-electron chi connectivity index (χ1n) is 7.07. The summed E-state index contributed by atoms with van der Waals surface area (Å²) in [5, 5.41) is 12.3. The molecule has 1 aromatic rings. The number of aliphatic hydroxyl groups is 1. The van der Waals surface area contributed by atoms with Crippen LogP contribution in [0.5, 0.6) is 0 Å². The van der Waals surface area contributed by atoms with Gasteiger partial charge in [0.15, 0.2) is 0 Å². The first-order valence-corrected chi connectivity index (χ1v) is 7.07. The summed E-state index contributed by atoms with van der Waals surface area (Å²) in [5.74, 6) is 4.45. The van der Waals surface area contributed by atoms with E-state index in [4.69, 9.17) is 5.73 Å². The van der Waals surface area contributed by atoms with Crippen LogP contribution >= 0.6 is 0 Å². The summed E-state index contributed by atoms with van der Waals surface area (Å²) in [7, 11) is 0. The lowest BCUT2D eigenvalue weighted by Crippen LogP contribution is -2.38. The normalized spacial score (nSPS) is 21.3. The Morgan fingerprint density at radius 1 is 1.38 bits per heavy atom. The molecule has 0 spiro atoms. The van der Waals surface area contributed by atoms with Crippen LogP contribution in [0.3, 0.4) is 0 Å². The van der Waals surface area contributed by atoms with Gasteiger partial charge in [0.05, 0.1) is 18.2 Å². The highest BCUT2D eigenvalue weighted by molar-refractivity contribution is 5.95. The molecule has 0 saturated heterocycles. The maximum Gasteiger partial charge on any atom is 0.254 e. The summed E-state index contributed by atoms with van der Waals surface area (Å²) in [4.78, 5) is 12.2. The van der Waals surface area contributed by atoms with Crippen LogP contribution in [0.25, 0.3) is 0 Å². The Bertz CT molecular complexity index is 569. The van der Waals surface area contributed by atoms with Crippen molar-refractivity contribution in [1.82, 2.24) is 5.32 Å². The van der Waals surface area contributed by atoms with Gasteiger partial charge in [-0.1, -0.05) is 11.8 Å². The third-order valence-corrected chi connectivity index (χ3v) is 3.58. The Balaban J connectivity index is 2.07. The molecule has 0 aliphatic heterocycles. The number of amides is 1. The van der Waals surface area contributed by atoms with Gasteiger partial charge in [-0.15, -0.1) is 0 Å². The number of rotatable bonds is 2. The van der Waals surface area contributed by atoms with Gasteiger partial charge in [-0.05, 0) is 43.9 Å². The number of carbonyl (C=O) groups is 1. The molecular weight excluding hydrogens is 271 g/mol. The second-order valence-corrected chi connectivity index (χ2v) is 5.18. The highest BCUT2D eigenvalue weighted by Crippen LogP contribution is 2.19. The maximum absolute atomic E-state index is 13.8. The fourth-order valence-electron chi connectivity index (χ4n) is 2.41. The van der Waals surface area contributed by atoms with Crippen molar-refractivity contribution in [3.8, 4) is 11.8 Å². The molecule has 4 nitrogen and oxygen atoms in total. The zero-order chi connectivity index (χ0) is 15.2. The molecule has 1 saturated carbocycles. The van der Waals surface area contributed by atoms with Crippen molar-refractivity contribution >= 4 is 5.91 Å². The van der Waals surface area contributed by atoms with Crippen LogP contribution in [-0.2, 0) is 0 Å². The van der Waals surface area contributed by atoms with Crippen molar-refractivity contribution in [3.63, 3.8) is 0 Å². The average molecular weight is 290 g/mol. The fourth-order valence-corrected chi connectivity index (χ4v) is 2.41. The van der Waals surface area contributed by atoms with E-state index in [2.05, 4.69) is 17.2 Å². The van der Waals surface area contributed by atoms with Gasteiger partial charge >= 0.3 is 0 Å². The van der Waals surface area contributed by atoms with E-state index in [0.29, 0.717) is 31.2 Å². The van der Waals surface area contributed by atoms with E-state index in [-0.39, 0.29) is 24.3 Å². The Morgan fingerprint density at radius 3 is 2.76 bits per heavy atom. The number of halogens is 1. The van der Waals surface area contributed by atoms with E-state index in [0.717, 1.165) is 0 Å². The van der Waals surface area contributed by atoms with Gasteiger partial charge in [0.25, 0.3) is 5.91 Å². The summed E-state index contributed by atoms with van der Waals surface area (Å²) >= 11 is 0. The Hall–Kier alpha value is -1.90. The highest BCUT2D eigenvalue weighted by Gasteiger charge is 2.22. The summed E-state index contributed by atoms with van der Waals surface area (Å²) in [6.07, 6.45) is 2.46. The largest absolute Gasteiger partial charge is 0.393 e. The van der Waals surface area contributed by atoms with Gasteiger partial charge in [0.1, 0.15) is 5.82 Å². The van der Waals surface area contributed by atoms with Gasteiger partial charge in [-0.2, -0.15) is 0 Å². The molecule has 112 valence electrons. The number of nitrogens with one attached hydrogen (secondary N) is 1. The van der Waals surface area contributed by atoms with E-state index in [1.54, 1.807) is 0 Å². The van der Waals surface area contributed by atoms with E-state index < -0.39 is 11.7 Å². The van der Waals surface area contributed by atoms with E-state index in [1.165, 1.54) is 18.2 Å². The molecule has 0 bridgehead atoms. The first kappa shape index (κ1) is 15.5. The predicted molar refractivity (Wildman–Crippen MR) is 78.1 cm³/mol. The second kappa shape index (κ2) is 7.21. The van der Waals surface area contributed by atoms with Crippen LogP contribution in [0.2, 0.25) is 0 Å². The van der Waals surface area contributed by atoms with Gasteiger partial charge in [-0.25, -0.2) is 4.39 Å². The fraction of sp³-hybridized carbons (Fsp3) is 0.438. The Labute approximate surface area is 123 Å². The second-order valence-electron chi connectivity index (χ2n) is 5.18. The number of carbonyl (C=O) groups excluding carboxylic acids is 1. The van der Waals surface area contributed by atoms with Gasteiger partial charge in [-0.3, -0.25) is 4.79 Å². The van der Waals surface area contributed by atoms with Crippen molar-refractivity contribution < 1.29 is 14.3 Å². The number of hydrogen-bond donors (Lipinski definition) is 3. The van der Waals surface area contributed by atoms with Crippen molar-refractivity contribution in [1.29, 1.82) is 0 Å². The Morgan fingerprint density at radius 2 is 2.10 bits per heavy atom.